The zero-order chi connectivity index (χ0) is 23.8. The Labute approximate surface area is 186 Å². The second-order valence-corrected chi connectivity index (χ2v) is 8.98. The molecule has 0 saturated heterocycles. The van der Waals surface area contributed by atoms with Gasteiger partial charge in [-0.2, -0.15) is 13.2 Å². The first-order valence-corrected chi connectivity index (χ1v) is 10.9. The van der Waals surface area contributed by atoms with Gasteiger partial charge >= 0.3 is 23.8 Å². The molecule has 1 aliphatic rings. The Balaban J connectivity index is 1.48. The molecule has 2 rings (SSSR count). The number of carbonyl (C=O) groups is 2. The predicted octanol–water partition coefficient (Wildman–Crippen LogP) is 6.48. The third-order valence-corrected chi connectivity index (χ3v) is 5.07. The summed E-state index contributed by atoms with van der Waals surface area (Å²) in [5.41, 5.74) is -3.08. The average molecular weight is 457 g/mol. The third kappa shape index (κ3) is 7.60. The standard InChI is InChI=1S/C23H31F3N2O4/c1-21(2,3)20(30)32-19(29)11-9-7-5-4-6-8-10-16-31-18-14-12-17(13-15-18)22(27-28-22)23(24,25)26/h12-15H,4-11,16H2,1-3H3. The normalized spacial score (nSPS) is 14.8. The van der Waals surface area contributed by atoms with Gasteiger partial charge in [0.15, 0.2) is 0 Å². The predicted molar refractivity (Wildman–Crippen MR) is 112 cm³/mol. The molecule has 0 amide bonds. The number of nitrogens with zero attached hydrogens (tertiary/aromatic N) is 2. The van der Waals surface area contributed by atoms with Gasteiger partial charge in [0.1, 0.15) is 5.75 Å². The molecular formula is C23H31F3N2O4. The summed E-state index contributed by atoms with van der Waals surface area (Å²) in [6, 6.07) is 5.70. The highest BCUT2D eigenvalue weighted by molar-refractivity contribution is 5.88. The van der Waals surface area contributed by atoms with Crippen LogP contribution in [0.2, 0.25) is 0 Å². The number of esters is 2. The van der Waals surface area contributed by atoms with E-state index in [-0.39, 0.29) is 12.0 Å². The number of alkyl halides is 3. The van der Waals surface area contributed by atoms with E-state index in [1.165, 1.54) is 24.3 Å². The Kier molecular flexibility index (Phi) is 8.81. The third-order valence-electron chi connectivity index (χ3n) is 5.07. The topological polar surface area (TPSA) is 77.3 Å². The molecule has 0 aromatic heterocycles. The van der Waals surface area contributed by atoms with Crippen molar-refractivity contribution in [3.05, 3.63) is 29.8 Å². The summed E-state index contributed by atoms with van der Waals surface area (Å²) in [4.78, 5) is 23.2. The highest BCUT2D eigenvalue weighted by Crippen LogP contribution is 2.52. The monoisotopic (exact) mass is 456 g/mol. The fourth-order valence-corrected chi connectivity index (χ4v) is 2.98. The first-order valence-electron chi connectivity index (χ1n) is 10.9. The van der Waals surface area contributed by atoms with Crippen LogP contribution >= 0.6 is 0 Å². The number of unbranched alkanes of at least 4 members (excludes halogenated alkanes) is 6. The maximum Gasteiger partial charge on any atom is 0.442 e. The molecule has 0 radical (unpaired) electrons. The Morgan fingerprint density at radius 3 is 1.91 bits per heavy atom. The van der Waals surface area contributed by atoms with Crippen LogP contribution in [0.5, 0.6) is 5.75 Å². The number of hydrogen-bond acceptors (Lipinski definition) is 6. The van der Waals surface area contributed by atoms with Crippen molar-refractivity contribution >= 4 is 11.9 Å². The lowest BCUT2D eigenvalue weighted by molar-refractivity contribution is -0.166. The van der Waals surface area contributed by atoms with E-state index in [0.717, 1.165) is 38.5 Å². The lowest BCUT2D eigenvalue weighted by atomic mass is 9.97. The van der Waals surface area contributed by atoms with Gasteiger partial charge < -0.3 is 9.47 Å². The summed E-state index contributed by atoms with van der Waals surface area (Å²) >= 11 is 0. The van der Waals surface area contributed by atoms with Crippen LogP contribution in [0.3, 0.4) is 0 Å². The number of ether oxygens (including phenoxy) is 2. The van der Waals surface area contributed by atoms with Crippen LogP contribution in [0.1, 0.15) is 77.7 Å². The fourth-order valence-electron chi connectivity index (χ4n) is 2.98. The SMILES string of the molecule is CC(C)(C)C(=O)OC(=O)CCCCCCCCCOc1ccc(C2(C(F)(F)F)N=N2)cc1. The number of carbonyl (C=O) groups excluding carboxylic acids is 2. The molecule has 1 aromatic rings. The first-order chi connectivity index (χ1) is 15.0. The van der Waals surface area contributed by atoms with E-state index in [1.807, 2.05) is 0 Å². The molecule has 0 saturated carbocycles. The second kappa shape index (κ2) is 10.9. The van der Waals surface area contributed by atoms with Crippen molar-refractivity contribution in [1.29, 1.82) is 0 Å². The minimum absolute atomic E-state index is 0.00795. The molecule has 0 fully saturated rings. The molecule has 0 spiro atoms. The number of benzene rings is 1. The van der Waals surface area contributed by atoms with Crippen molar-refractivity contribution in [3.63, 3.8) is 0 Å². The molecule has 0 atom stereocenters. The Hall–Kier alpha value is -2.45. The maximum absolute atomic E-state index is 13.0. The van der Waals surface area contributed by atoms with E-state index in [1.54, 1.807) is 20.8 Å². The summed E-state index contributed by atoms with van der Waals surface area (Å²) in [6.45, 7) is 5.61. The van der Waals surface area contributed by atoms with Gasteiger partial charge in [-0.15, -0.1) is 10.2 Å². The van der Waals surface area contributed by atoms with Gasteiger partial charge in [-0.05, 0) is 45.7 Å². The average Bonchev–Trinajstić information content (AvgIpc) is 3.51. The van der Waals surface area contributed by atoms with E-state index in [2.05, 4.69) is 10.2 Å². The van der Waals surface area contributed by atoms with Crippen LogP contribution in [-0.4, -0.2) is 24.7 Å². The zero-order valence-electron chi connectivity index (χ0n) is 18.8. The minimum Gasteiger partial charge on any atom is -0.494 e. The molecular weight excluding hydrogens is 425 g/mol. The summed E-state index contributed by atoms with van der Waals surface area (Å²) < 4.78 is 49.3. The molecule has 1 heterocycles. The smallest absolute Gasteiger partial charge is 0.442 e. The van der Waals surface area contributed by atoms with Crippen LogP contribution in [0.4, 0.5) is 13.2 Å². The molecule has 0 N–H and O–H groups in total. The van der Waals surface area contributed by atoms with Gasteiger partial charge in [0, 0.05) is 12.0 Å². The summed E-state index contributed by atoms with van der Waals surface area (Å²) in [7, 11) is 0. The quantitative estimate of drug-likeness (QED) is 0.205. The maximum atomic E-state index is 13.0. The van der Waals surface area contributed by atoms with Gasteiger partial charge in [-0.3, -0.25) is 9.59 Å². The second-order valence-electron chi connectivity index (χ2n) is 8.98. The molecule has 32 heavy (non-hydrogen) atoms. The zero-order valence-corrected chi connectivity index (χ0v) is 18.8. The van der Waals surface area contributed by atoms with Crippen LogP contribution < -0.4 is 4.74 Å². The van der Waals surface area contributed by atoms with Gasteiger partial charge in [-0.25, -0.2) is 0 Å². The molecule has 6 nitrogen and oxygen atoms in total. The van der Waals surface area contributed by atoms with Crippen molar-refractivity contribution in [2.75, 3.05) is 6.61 Å². The van der Waals surface area contributed by atoms with E-state index in [4.69, 9.17) is 9.47 Å². The van der Waals surface area contributed by atoms with Crippen LogP contribution in [0, 0.1) is 5.41 Å². The Bertz CT molecular complexity index is 793. The molecule has 1 aromatic carbocycles. The summed E-state index contributed by atoms with van der Waals surface area (Å²) in [5.74, 6) is -0.451. The fraction of sp³-hybridized carbons (Fsp3) is 0.652. The van der Waals surface area contributed by atoms with Crippen LogP contribution in [0.25, 0.3) is 0 Å². The molecule has 0 bridgehead atoms. The number of hydrogen-bond donors (Lipinski definition) is 0. The summed E-state index contributed by atoms with van der Waals surface area (Å²) in [6.07, 6.45) is 2.23. The highest BCUT2D eigenvalue weighted by Gasteiger charge is 2.65. The van der Waals surface area contributed by atoms with Crippen molar-refractivity contribution in [3.8, 4) is 5.75 Å². The largest absolute Gasteiger partial charge is 0.494 e. The lowest BCUT2D eigenvalue weighted by Crippen LogP contribution is -2.29. The Morgan fingerprint density at radius 2 is 1.41 bits per heavy atom. The molecule has 1 aliphatic heterocycles. The molecule has 9 heteroatoms. The highest BCUT2D eigenvalue weighted by atomic mass is 19.4. The minimum atomic E-state index is -4.52. The van der Waals surface area contributed by atoms with Crippen LogP contribution in [0.15, 0.2) is 34.5 Å². The van der Waals surface area contributed by atoms with Gasteiger partial charge in [-0.1, -0.05) is 44.2 Å². The van der Waals surface area contributed by atoms with E-state index < -0.39 is 29.2 Å². The van der Waals surface area contributed by atoms with Crippen molar-refractivity contribution in [2.24, 2.45) is 15.6 Å². The molecule has 0 aliphatic carbocycles. The molecule has 0 unspecified atom stereocenters. The van der Waals surface area contributed by atoms with Crippen LogP contribution in [-0.2, 0) is 20.0 Å². The van der Waals surface area contributed by atoms with E-state index in [9.17, 15) is 22.8 Å². The summed E-state index contributed by atoms with van der Waals surface area (Å²) in [5, 5.41) is 6.36. The van der Waals surface area contributed by atoms with Crippen molar-refractivity contribution in [2.45, 2.75) is 84.0 Å². The first kappa shape index (κ1) is 25.8. The van der Waals surface area contributed by atoms with Crippen molar-refractivity contribution in [1.82, 2.24) is 0 Å². The lowest BCUT2D eigenvalue weighted by Gasteiger charge is -2.15. The van der Waals surface area contributed by atoms with Gasteiger partial charge in [0.2, 0.25) is 0 Å². The van der Waals surface area contributed by atoms with E-state index in [0.29, 0.717) is 18.8 Å². The number of rotatable bonds is 12. The van der Waals surface area contributed by atoms with E-state index >= 15 is 0 Å². The molecule has 178 valence electrons. The van der Waals surface area contributed by atoms with Crippen molar-refractivity contribution < 1.29 is 32.2 Å². The van der Waals surface area contributed by atoms with Gasteiger partial charge in [0.05, 0.1) is 12.0 Å². The number of halogens is 3. The van der Waals surface area contributed by atoms with Gasteiger partial charge in [0.25, 0.3) is 0 Å². The Morgan fingerprint density at radius 1 is 0.875 bits per heavy atom.